The van der Waals surface area contributed by atoms with Gasteiger partial charge in [0.1, 0.15) is 0 Å². The number of ether oxygens (including phenoxy) is 1. The maximum absolute atomic E-state index is 11.3. The molecule has 2 rings (SSSR count). The van der Waals surface area contributed by atoms with Crippen molar-refractivity contribution >= 4 is 5.97 Å². The highest BCUT2D eigenvalue weighted by atomic mass is 16.5. The molecule has 1 aliphatic rings. The summed E-state index contributed by atoms with van der Waals surface area (Å²) in [6.07, 6.45) is 2.85. The number of rotatable bonds is 6. The van der Waals surface area contributed by atoms with Crippen LogP contribution in [0.25, 0.3) is 0 Å². The lowest BCUT2D eigenvalue weighted by atomic mass is 10.0. The molecule has 1 aromatic rings. The highest BCUT2D eigenvalue weighted by Crippen LogP contribution is 2.22. The van der Waals surface area contributed by atoms with E-state index in [9.17, 15) is 9.90 Å². The lowest BCUT2D eigenvalue weighted by molar-refractivity contribution is -0.143. The van der Waals surface area contributed by atoms with Crippen LogP contribution in [0.5, 0.6) is 0 Å². The number of aryl methyl sites for hydroxylation is 1. The minimum atomic E-state index is -0.768. The molecule has 1 fully saturated rings. The summed E-state index contributed by atoms with van der Waals surface area (Å²) in [6, 6.07) is 3.99. The van der Waals surface area contributed by atoms with Crippen LogP contribution in [0, 0.1) is 12.8 Å². The zero-order valence-electron chi connectivity index (χ0n) is 12.1. The van der Waals surface area contributed by atoms with Gasteiger partial charge in [-0.3, -0.25) is 14.7 Å². The van der Waals surface area contributed by atoms with Gasteiger partial charge < -0.3 is 9.84 Å². The van der Waals surface area contributed by atoms with Crippen molar-refractivity contribution in [2.24, 2.45) is 5.92 Å². The van der Waals surface area contributed by atoms with Crippen LogP contribution in [0.4, 0.5) is 0 Å². The fourth-order valence-corrected chi connectivity index (χ4v) is 2.61. The van der Waals surface area contributed by atoms with Gasteiger partial charge >= 0.3 is 5.97 Å². The summed E-state index contributed by atoms with van der Waals surface area (Å²) in [5.41, 5.74) is 2.10. The average Bonchev–Trinajstić information content (AvgIpc) is 2.90. The van der Waals surface area contributed by atoms with Crippen LogP contribution in [0.3, 0.4) is 0 Å². The molecule has 0 radical (unpaired) electrons. The number of nitrogens with zero attached hydrogens (tertiary/aromatic N) is 2. The molecule has 110 valence electrons. The second-order valence-electron chi connectivity index (χ2n) is 5.33. The van der Waals surface area contributed by atoms with Crippen LogP contribution in [0.15, 0.2) is 18.3 Å². The lowest BCUT2D eigenvalue weighted by Gasteiger charge is -2.30. The molecule has 0 saturated carbocycles. The number of hydrogen-bond donors (Lipinski definition) is 1. The Balaban J connectivity index is 2.10. The first-order valence-electron chi connectivity index (χ1n) is 7.08. The zero-order valence-corrected chi connectivity index (χ0v) is 12.1. The molecule has 1 aromatic heterocycles. The second-order valence-corrected chi connectivity index (χ2v) is 5.33. The topological polar surface area (TPSA) is 62.7 Å². The minimum absolute atomic E-state index is 0.0475. The molecule has 2 atom stereocenters. The van der Waals surface area contributed by atoms with Gasteiger partial charge in [0.15, 0.2) is 0 Å². The van der Waals surface area contributed by atoms with Gasteiger partial charge in [0, 0.05) is 24.5 Å². The van der Waals surface area contributed by atoms with Crippen LogP contribution in [0.2, 0.25) is 0 Å². The zero-order chi connectivity index (χ0) is 14.5. The summed E-state index contributed by atoms with van der Waals surface area (Å²) >= 11 is 0. The predicted octanol–water partition coefficient (Wildman–Crippen LogP) is 1.70. The Kier molecular flexibility index (Phi) is 5.09. The van der Waals surface area contributed by atoms with Crippen molar-refractivity contribution in [3.8, 4) is 0 Å². The van der Waals surface area contributed by atoms with E-state index in [0.29, 0.717) is 13.2 Å². The number of aliphatic carboxylic acids is 1. The fraction of sp³-hybridized carbons (Fsp3) is 0.600. The summed E-state index contributed by atoms with van der Waals surface area (Å²) in [5.74, 6) is -1.20. The summed E-state index contributed by atoms with van der Waals surface area (Å²) in [6.45, 7) is 6.46. The smallest absolute Gasteiger partial charge is 0.310 e. The summed E-state index contributed by atoms with van der Waals surface area (Å²) in [7, 11) is 0. The Bertz CT molecular complexity index is 447. The average molecular weight is 278 g/mol. The molecule has 2 heterocycles. The molecule has 0 aromatic carbocycles. The highest BCUT2D eigenvalue weighted by Gasteiger charge is 2.37. The number of carbonyl (C=O) groups is 1. The first-order chi connectivity index (χ1) is 9.61. The number of carboxylic acid groups (broad SMARTS) is 1. The largest absolute Gasteiger partial charge is 0.481 e. The van der Waals surface area contributed by atoms with Gasteiger partial charge in [-0.2, -0.15) is 0 Å². The molecule has 20 heavy (non-hydrogen) atoms. The van der Waals surface area contributed by atoms with Crippen molar-refractivity contribution in [3.63, 3.8) is 0 Å². The molecule has 0 spiro atoms. The van der Waals surface area contributed by atoms with E-state index in [1.165, 1.54) is 0 Å². The van der Waals surface area contributed by atoms with E-state index in [1.54, 1.807) is 0 Å². The van der Waals surface area contributed by atoms with Gasteiger partial charge in [-0.1, -0.05) is 13.0 Å². The summed E-state index contributed by atoms with van der Waals surface area (Å²) in [4.78, 5) is 17.8. The Labute approximate surface area is 119 Å². The Hall–Kier alpha value is -1.46. The molecule has 2 unspecified atom stereocenters. The van der Waals surface area contributed by atoms with Crippen LogP contribution in [-0.4, -0.2) is 46.8 Å². The van der Waals surface area contributed by atoms with Gasteiger partial charge in [-0.05, 0) is 31.5 Å². The number of pyridine rings is 1. The second kappa shape index (κ2) is 6.81. The normalized spacial score (nSPS) is 22.4. The molecule has 0 aliphatic carbocycles. The quantitative estimate of drug-likeness (QED) is 0.858. The maximum atomic E-state index is 11.3. The van der Waals surface area contributed by atoms with Crippen LogP contribution >= 0.6 is 0 Å². The van der Waals surface area contributed by atoms with Gasteiger partial charge in [0.2, 0.25) is 0 Å². The third-order valence-electron chi connectivity index (χ3n) is 3.71. The summed E-state index contributed by atoms with van der Waals surface area (Å²) in [5, 5.41) is 9.28. The SMILES string of the molecule is CCCN(Cc1ccc(C)nc1)C1COCC1C(=O)O. The molecule has 1 aliphatic heterocycles. The first kappa shape index (κ1) is 14.9. The van der Waals surface area contributed by atoms with Crippen molar-refractivity contribution in [3.05, 3.63) is 29.6 Å². The van der Waals surface area contributed by atoms with E-state index in [4.69, 9.17) is 4.74 Å². The molecular formula is C15H22N2O3. The van der Waals surface area contributed by atoms with E-state index in [1.807, 2.05) is 19.2 Å². The third kappa shape index (κ3) is 3.55. The van der Waals surface area contributed by atoms with Crippen molar-refractivity contribution in [2.75, 3.05) is 19.8 Å². The number of carboxylic acids is 1. The maximum Gasteiger partial charge on any atom is 0.310 e. The molecule has 0 amide bonds. The van der Waals surface area contributed by atoms with Crippen LogP contribution < -0.4 is 0 Å². The van der Waals surface area contributed by atoms with E-state index in [-0.39, 0.29) is 6.04 Å². The number of hydrogen-bond acceptors (Lipinski definition) is 4. The lowest BCUT2D eigenvalue weighted by Crippen LogP contribution is -2.43. The van der Waals surface area contributed by atoms with Gasteiger partial charge in [-0.25, -0.2) is 0 Å². The van der Waals surface area contributed by atoms with E-state index in [2.05, 4.69) is 22.9 Å². The van der Waals surface area contributed by atoms with E-state index in [0.717, 1.165) is 30.8 Å². The predicted molar refractivity (Wildman–Crippen MR) is 75.4 cm³/mol. The third-order valence-corrected chi connectivity index (χ3v) is 3.71. The van der Waals surface area contributed by atoms with Gasteiger partial charge in [-0.15, -0.1) is 0 Å². The Morgan fingerprint density at radius 2 is 2.30 bits per heavy atom. The standard InChI is InChI=1S/C15H22N2O3/c1-3-6-17(8-12-5-4-11(2)16-7-12)14-10-20-9-13(14)15(18)19/h4-5,7,13-14H,3,6,8-10H2,1-2H3,(H,18,19). The Morgan fingerprint density at radius 1 is 1.50 bits per heavy atom. The van der Waals surface area contributed by atoms with Gasteiger partial charge in [0.05, 0.1) is 19.1 Å². The molecule has 5 heteroatoms. The molecule has 5 nitrogen and oxygen atoms in total. The van der Waals surface area contributed by atoms with Crippen molar-refractivity contribution in [1.29, 1.82) is 0 Å². The first-order valence-corrected chi connectivity index (χ1v) is 7.08. The van der Waals surface area contributed by atoms with E-state index >= 15 is 0 Å². The van der Waals surface area contributed by atoms with Crippen molar-refractivity contribution in [1.82, 2.24) is 9.88 Å². The van der Waals surface area contributed by atoms with Gasteiger partial charge in [0.25, 0.3) is 0 Å². The molecular weight excluding hydrogens is 256 g/mol. The molecule has 1 N–H and O–H groups in total. The molecule has 0 bridgehead atoms. The number of aromatic nitrogens is 1. The van der Waals surface area contributed by atoms with Crippen molar-refractivity contribution in [2.45, 2.75) is 32.9 Å². The summed E-state index contributed by atoms with van der Waals surface area (Å²) < 4.78 is 5.38. The Morgan fingerprint density at radius 3 is 2.90 bits per heavy atom. The fourth-order valence-electron chi connectivity index (χ4n) is 2.61. The van der Waals surface area contributed by atoms with Crippen LogP contribution in [0.1, 0.15) is 24.6 Å². The minimum Gasteiger partial charge on any atom is -0.481 e. The van der Waals surface area contributed by atoms with Crippen LogP contribution in [-0.2, 0) is 16.1 Å². The molecule has 1 saturated heterocycles. The van der Waals surface area contributed by atoms with Crippen molar-refractivity contribution < 1.29 is 14.6 Å². The highest BCUT2D eigenvalue weighted by molar-refractivity contribution is 5.71. The van der Waals surface area contributed by atoms with E-state index < -0.39 is 11.9 Å². The monoisotopic (exact) mass is 278 g/mol.